The average Bonchev–Trinajstić information content (AvgIpc) is 2.89. The summed E-state index contributed by atoms with van der Waals surface area (Å²) < 4.78 is 13.8. The highest BCUT2D eigenvalue weighted by Gasteiger charge is 2.29. The standard InChI is InChI=1S/C28H27FN4O/c29-26-14-8-7-13-24(26)20-31-21-25(19-30)28(34)33-17-15-32(16-18-33)27(22-9-3-1-4-10-22)23-11-5-2-6-12-23/h1-14,21,27,31H,15-18,20H2/b25-21-. The lowest BCUT2D eigenvalue weighted by atomic mass is 9.96. The highest BCUT2D eigenvalue weighted by atomic mass is 19.1. The maximum atomic E-state index is 13.8. The van der Waals surface area contributed by atoms with E-state index in [2.05, 4.69) is 34.5 Å². The first-order chi connectivity index (χ1) is 16.7. The number of nitrogens with one attached hydrogen (secondary N) is 1. The summed E-state index contributed by atoms with van der Waals surface area (Å²) in [4.78, 5) is 17.0. The molecule has 3 aromatic carbocycles. The summed E-state index contributed by atoms with van der Waals surface area (Å²) >= 11 is 0. The van der Waals surface area contributed by atoms with Crippen molar-refractivity contribution in [3.63, 3.8) is 0 Å². The van der Waals surface area contributed by atoms with E-state index in [4.69, 9.17) is 0 Å². The SMILES string of the molecule is N#C/C(=C/NCc1ccccc1F)C(=O)N1CCN(C(c2ccccc2)c2ccccc2)CC1. The number of nitriles is 1. The third-order valence-corrected chi connectivity index (χ3v) is 6.04. The van der Waals surface area contributed by atoms with Gasteiger partial charge in [-0.25, -0.2) is 4.39 Å². The number of halogens is 1. The minimum atomic E-state index is -0.323. The molecule has 0 bridgehead atoms. The Morgan fingerprint density at radius 2 is 1.47 bits per heavy atom. The maximum Gasteiger partial charge on any atom is 0.266 e. The summed E-state index contributed by atoms with van der Waals surface area (Å²) in [6.45, 7) is 2.65. The number of benzene rings is 3. The van der Waals surface area contributed by atoms with Crippen molar-refractivity contribution >= 4 is 5.91 Å². The van der Waals surface area contributed by atoms with Crippen LogP contribution < -0.4 is 5.32 Å². The van der Waals surface area contributed by atoms with Crippen molar-refractivity contribution in [2.75, 3.05) is 26.2 Å². The molecule has 0 aromatic heterocycles. The van der Waals surface area contributed by atoms with Gasteiger partial charge in [-0.15, -0.1) is 0 Å². The van der Waals surface area contributed by atoms with Crippen LogP contribution in [0.1, 0.15) is 22.7 Å². The maximum absolute atomic E-state index is 13.8. The van der Waals surface area contributed by atoms with Gasteiger partial charge in [-0.05, 0) is 17.2 Å². The summed E-state index contributed by atoms with van der Waals surface area (Å²) in [5.41, 5.74) is 2.92. The quantitative estimate of drug-likeness (QED) is 0.428. The molecule has 4 rings (SSSR count). The second-order valence-electron chi connectivity index (χ2n) is 8.19. The molecule has 1 fully saturated rings. The molecule has 172 valence electrons. The van der Waals surface area contributed by atoms with Crippen molar-refractivity contribution in [1.29, 1.82) is 5.26 Å². The molecule has 1 aliphatic heterocycles. The monoisotopic (exact) mass is 454 g/mol. The van der Waals surface area contributed by atoms with Crippen LogP contribution in [-0.4, -0.2) is 41.9 Å². The molecule has 0 spiro atoms. The van der Waals surface area contributed by atoms with Gasteiger partial charge in [-0.1, -0.05) is 78.9 Å². The van der Waals surface area contributed by atoms with Crippen molar-refractivity contribution < 1.29 is 9.18 Å². The molecule has 0 radical (unpaired) electrons. The molecule has 1 amide bonds. The molecule has 5 nitrogen and oxygen atoms in total. The Morgan fingerprint density at radius 1 is 0.912 bits per heavy atom. The fourth-order valence-corrected chi connectivity index (χ4v) is 4.28. The Balaban J connectivity index is 1.41. The second-order valence-corrected chi connectivity index (χ2v) is 8.19. The number of carbonyl (C=O) groups is 1. The zero-order valence-corrected chi connectivity index (χ0v) is 18.9. The Kier molecular flexibility index (Phi) is 7.69. The topological polar surface area (TPSA) is 59.4 Å². The molecule has 1 aliphatic rings. The molecule has 1 N–H and O–H groups in total. The summed E-state index contributed by atoms with van der Waals surface area (Å²) in [5.74, 6) is -0.630. The number of piperazine rings is 1. The molecule has 0 atom stereocenters. The fraction of sp³-hybridized carbons (Fsp3) is 0.214. The van der Waals surface area contributed by atoms with Gasteiger partial charge in [0, 0.05) is 44.5 Å². The van der Waals surface area contributed by atoms with Crippen LogP contribution in [0, 0.1) is 17.1 Å². The molecule has 3 aromatic rings. The Labute approximate surface area is 199 Å². The molecule has 6 heteroatoms. The third kappa shape index (κ3) is 5.51. The van der Waals surface area contributed by atoms with Crippen LogP contribution in [0.4, 0.5) is 4.39 Å². The molecule has 0 unspecified atom stereocenters. The normalized spacial score (nSPS) is 14.6. The molecule has 1 saturated heterocycles. The van der Waals surface area contributed by atoms with Crippen molar-refractivity contribution in [2.45, 2.75) is 12.6 Å². The number of carbonyl (C=O) groups excluding carboxylic acids is 1. The minimum Gasteiger partial charge on any atom is -0.385 e. The van der Waals surface area contributed by atoms with Crippen LogP contribution in [0.3, 0.4) is 0 Å². The van der Waals surface area contributed by atoms with Gasteiger partial charge in [-0.2, -0.15) is 5.26 Å². The minimum absolute atomic E-state index is 0.0208. The van der Waals surface area contributed by atoms with Gasteiger partial charge < -0.3 is 10.2 Å². The third-order valence-electron chi connectivity index (χ3n) is 6.04. The van der Waals surface area contributed by atoms with E-state index in [0.29, 0.717) is 31.7 Å². The molecule has 1 heterocycles. The summed E-state index contributed by atoms with van der Waals surface area (Å²) in [6, 6.07) is 29.2. The van der Waals surface area contributed by atoms with Gasteiger partial charge in [0.25, 0.3) is 5.91 Å². The number of hydrogen-bond acceptors (Lipinski definition) is 4. The highest BCUT2D eigenvalue weighted by molar-refractivity contribution is 5.97. The summed E-state index contributed by atoms with van der Waals surface area (Å²) in [5, 5.41) is 12.4. The predicted molar refractivity (Wildman–Crippen MR) is 130 cm³/mol. The molecule has 0 saturated carbocycles. The lowest BCUT2D eigenvalue weighted by Gasteiger charge is -2.39. The van der Waals surface area contributed by atoms with Crippen molar-refractivity contribution in [1.82, 2.24) is 15.1 Å². The first kappa shape index (κ1) is 23.2. The van der Waals surface area contributed by atoms with Gasteiger partial charge in [0.2, 0.25) is 0 Å². The molecular formula is C28H27FN4O. The van der Waals surface area contributed by atoms with Gasteiger partial charge in [0.1, 0.15) is 17.5 Å². The second kappa shape index (κ2) is 11.3. The highest BCUT2D eigenvalue weighted by Crippen LogP contribution is 2.29. The zero-order valence-electron chi connectivity index (χ0n) is 18.9. The largest absolute Gasteiger partial charge is 0.385 e. The fourth-order valence-electron chi connectivity index (χ4n) is 4.28. The van der Waals surface area contributed by atoms with E-state index in [0.717, 1.165) is 0 Å². The first-order valence-electron chi connectivity index (χ1n) is 11.4. The van der Waals surface area contributed by atoms with Gasteiger partial charge in [0.05, 0.1) is 6.04 Å². The van der Waals surface area contributed by atoms with E-state index in [9.17, 15) is 14.4 Å². The van der Waals surface area contributed by atoms with Crippen LogP contribution in [0.2, 0.25) is 0 Å². The molecule has 0 aliphatic carbocycles. The Morgan fingerprint density at radius 3 is 2.03 bits per heavy atom. The smallest absolute Gasteiger partial charge is 0.266 e. The van der Waals surface area contributed by atoms with E-state index in [-0.39, 0.29) is 29.9 Å². The number of hydrogen-bond donors (Lipinski definition) is 1. The number of amides is 1. The van der Waals surface area contributed by atoms with E-state index < -0.39 is 0 Å². The lowest BCUT2D eigenvalue weighted by molar-refractivity contribution is -0.128. The van der Waals surface area contributed by atoms with Gasteiger partial charge >= 0.3 is 0 Å². The number of rotatable bonds is 7. The Hall–Kier alpha value is -3.95. The van der Waals surface area contributed by atoms with Crippen molar-refractivity contribution in [3.05, 3.63) is 119 Å². The van der Waals surface area contributed by atoms with Crippen LogP contribution in [0.5, 0.6) is 0 Å². The molecule has 34 heavy (non-hydrogen) atoms. The molecular weight excluding hydrogens is 427 g/mol. The number of nitrogens with zero attached hydrogens (tertiary/aromatic N) is 3. The van der Waals surface area contributed by atoms with Crippen LogP contribution in [0.25, 0.3) is 0 Å². The van der Waals surface area contributed by atoms with E-state index >= 15 is 0 Å². The van der Waals surface area contributed by atoms with Gasteiger partial charge in [-0.3, -0.25) is 9.69 Å². The van der Waals surface area contributed by atoms with E-state index in [1.54, 1.807) is 23.1 Å². The van der Waals surface area contributed by atoms with Crippen molar-refractivity contribution in [2.24, 2.45) is 0 Å². The first-order valence-corrected chi connectivity index (χ1v) is 11.4. The van der Waals surface area contributed by atoms with E-state index in [1.165, 1.54) is 23.4 Å². The van der Waals surface area contributed by atoms with Crippen LogP contribution in [-0.2, 0) is 11.3 Å². The summed E-state index contributed by atoms with van der Waals surface area (Å²) in [7, 11) is 0. The van der Waals surface area contributed by atoms with Crippen LogP contribution >= 0.6 is 0 Å². The van der Waals surface area contributed by atoms with E-state index in [1.807, 2.05) is 42.5 Å². The van der Waals surface area contributed by atoms with Gasteiger partial charge in [0.15, 0.2) is 0 Å². The Bertz CT molecular complexity index is 1130. The summed E-state index contributed by atoms with van der Waals surface area (Å²) in [6.07, 6.45) is 1.39. The average molecular weight is 455 g/mol. The predicted octanol–water partition coefficient (Wildman–Crippen LogP) is 4.26. The van der Waals surface area contributed by atoms with Crippen molar-refractivity contribution in [3.8, 4) is 6.07 Å². The zero-order chi connectivity index (χ0) is 23.8. The van der Waals surface area contributed by atoms with Crippen LogP contribution in [0.15, 0.2) is 96.7 Å². The lowest BCUT2D eigenvalue weighted by Crippen LogP contribution is -2.50.